The highest BCUT2D eigenvalue weighted by Crippen LogP contribution is 2.32. The summed E-state index contributed by atoms with van der Waals surface area (Å²) in [4.78, 5) is 16.2. The van der Waals surface area contributed by atoms with Gasteiger partial charge in [0.2, 0.25) is 5.95 Å². The molecular formula is C24H26F2N6. The van der Waals surface area contributed by atoms with Crippen LogP contribution in [0, 0.1) is 23.0 Å². The average Bonchev–Trinajstić information content (AvgIpc) is 2.81. The Hall–Kier alpha value is -3.42. The standard InChI is InChI=1S/C24H26F2N6/c1-3-18-7-9-20-22(19-8-6-17(25)11-21(19)26)30-24(31-23(20)29-18)32-10-4-5-15(14-32)16(12-27)13-28-2/h6-9,11-13,15,27-28H,3-5,10,14H2,1-2H3/b16-13+,27-12?. The van der Waals surface area contributed by atoms with Crippen molar-refractivity contribution >= 4 is 23.2 Å². The first-order chi connectivity index (χ1) is 15.5. The van der Waals surface area contributed by atoms with Crippen LogP contribution in [0.3, 0.4) is 0 Å². The van der Waals surface area contributed by atoms with Crippen LogP contribution in [0.25, 0.3) is 22.3 Å². The summed E-state index contributed by atoms with van der Waals surface area (Å²) in [6.45, 7) is 3.41. The molecule has 0 radical (unpaired) electrons. The Labute approximate surface area is 185 Å². The molecule has 0 saturated carbocycles. The molecular weight excluding hydrogens is 410 g/mol. The Morgan fingerprint density at radius 1 is 1.22 bits per heavy atom. The zero-order chi connectivity index (χ0) is 22.7. The Morgan fingerprint density at radius 3 is 2.78 bits per heavy atom. The summed E-state index contributed by atoms with van der Waals surface area (Å²) in [5.41, 5.74) is 2.91. The van der Waals surface area contributed by atoms with Crippen LogP contribution in [0.2, 0.25) is 0 Å². The number of fused-ring (bicyclic) bond motifs is 1. The van der Waals surface area contributed by atoms with Crippen molar-refractivity contribution in [3.8, 4) is 11.3 Å². The van der Waals surface area contributed by atoms with Gasteiger partial charge < -0.3 is 15.6 Å². The van der Waals surface area contributed by atoms with Crippen LogP contribution in [0.1, 0.15) is 25.5 Å². The lowest BCUT2D eigenvalue weighted by Gasteiger charge is -2.33. The molecule has 0 aliphatic carbocycles. The van der Waals surface area contributed by atoms with E-state index in [1.54, 1.807) is 0 Å². The zero-order valence-electron chi connectivity index (χ0n) is 18.2. The Bertz CT molecular complexity index is 1180. The molecule has 1 unspecified atom stereocenters. The van der Waals surface area contributed by atoms with Gasteiger partial charge in [0.15, 0.2) is 5.65 Å². The largest absolute Gasteiger partial charge is 0.394 e. The second kappa shape index (κ2) is 9.38. The molecule has 6 nitrogen and oxygen atoms in total. The van der Waals surface area contributed by atoms with Crippen molar-refractivity contribution in [1.82, 2.24) is 20.3 Å². The number of benzene rings is 1. The number of aryl methyl sites for hydroxylation is 1. The van der Waals surface area contributed by atoms with Gasteiger partial charge in [-0.25, -0.2) is 18.7 Å². The van der Waals surface area contributed by atoms with Crippen molar-refractivity contribution < 1.29 is 8.78 Å². The van der Waals surface area contributed by atoms with Crippen molar-refractivity contribution in [3.05, 3.63) is 59.4 Å². The van der Waals surface area contributed by atoms with Crippen molar-refractivity contribution in [2.75, 3.05) is 25.0 Å². The Morgan fingerprint density at radius 2 is 2.06 bits per heavy atom. The molecule has 0 bridgehead atoms. The molecule has 3 aromatic rings. The van der Waals surface area contributed by atoms with Crippen molar-refractivity contribution in [2.45, 2.75) is 26.2 Å². The number of piperidine rings is 1. The number of halogens is 2. The summed E-state index contributed by atoms with van der Waals surface area (Å²) in [6, 6.07) is 7.24. The molecule has 2 aromatic heterocycles. The highest BCUT2D eigenvalue weighted by atomic mass is 19.1. The molecule has 1 aliphatic rings. The number of aromatic nitrogens is 3. The first-order valence-electron chi connectivity index (χ1n) is 10.8. The normalized spacial score (nSPS) is 16.9. The van der Waals surface area contributed by atoms with E-state index in [0.717, 1.165) is 43.1 Å². The van der Waals surface area contributed by atoms with Gasteiger partial charge in [-0.3, -0.25) is 0 Å². The van der Waals surface area contributed by atoms with Gasteiger partial charge in [-0.1, -0.05) is 6.92 Å². The third-order valence-corrected chi connectivity index (χ3v) is 5.81. The van der Waals surface area contributed by atoms with E-state index in [1.165, 1.54) is 18.3 Å². The minimum Gasteiger partial charge on any atom is -0.394 e. The van der Waals surface area contributed by atoms with Gasteiger partial charge in [0.05, 0.1) is 5.69 Å². The van der Waals surface area contributed by atoms with E-state index < -0.39 is 11.6 Å². The van der Waals surface area contributed by atoms with E-state index in [4.69, 9.17) is 15.4 Å². The molecule has 1 atom stereocenters. The SMILES string of the molecule is CCc1ccc2c(-c3ccc(F)cc3F)nc(N3CCCC(/C(C=N)=C/NC)C3)nc2n1. The number of pyridine rings is 1. The molecule has 32 heavy (non-hydrogen) atoms. The maximum absolute atomic E-state index is 14.7. The molecule has 2 N–H and O–H groups in total. The second-order valence-electron chi connectivity index (χ2n) is 7.89. The van der Waals surface area contributed by atoms with E-state index in [1.807, 2.05) is 32.3 Å². The van der Waals surface area contributed by atoms with E-state index in [0.29, 0.717) is 29.2 Å². The summed E-state index contributed by atoms with van der Waals surface area (Å²) in [7, 11) is 1.82. The van der Waals surface area contributed by atoms with Crippen LogP contribution >= 0.6 is 0 Å². The summed E-state index contributed by atoms with van der Waals surface area (Å²) < 4.78 is 28.2. The summed E-state index contributed by atoms with van der Waals surface area (Å²) in [5, 5.41) is 11.4. The third kappa shape index (κ3) is 4.30. The first-order valence-corrected chi connectivity index (χ1v) is 10.8. The van der Waals surface area contributed by atoms with Crippen molar-refractivity contribution in [2.24, 2.45) is 5.92 Å². The van der Waals surface area contributed by atoms with Crippen LogP contribution in [-0.4, -0.2) is 41.3 Å². The van der Waals surface area contributed by atoms with E-state index in [-0.39, 0.29) is 11.5 Å². The van der Waals surface area contributed by atoms with Crippen LogP contribution in [0.15, 0.2) is 42.1 Å². The van der Waals surface area contributed by atoms with E-state index >= 15 is 0 Å². The van der Waals surface area contributed by atoms with Gasteiger partial charge in [-0.15, -0.1) is 0 Å². The van der Waals surface area contributed by atoms with Crippen LogP contribution < -0.4 is 10.2 Å². The summed E-state index contributed by atoms with van der Waals surface area (Å²) >= 11 is 0. The fourth-order valence-electron chi connectivity index (χ4n) is 4.14. The predicted molar refractivity (Wildman–Crippen MR) is 123 cm³/mol. The smallest absolute Gasteiger partial charge is 0.228 e. The Balaban J connectivity index is 1.83. The third-order valence-electron chi connectivity index (χ3n) is 5.81. The minimum absolute atomic E-state index is 0.161. The van der Waals surface area contributed by atoms with E-state index in [2.05, 4.69) is 15.2 Å². The highest BCUT2D eigenvalue weighted by molar-refractivity contribution is 5.91. The fourth-order valence-corrected chi connectivity index (χ4v) is 4.14. The average molecular weight is 437 g/mol. The van der Waals surface area contributed by atoms with Gasteiger partial charge in [0.25, 0.3) is 0 Å². The van der Waals surface area contributed by atoms with Gasteiger partial charge in [-0.2, -0.15) is 4.98 Å². The fraction of sp³-hybridized carbons (Fsp3) is 0.333. The molecule has 1 saturated heterocycles. The molecule has 0 amide bonds. The molecule has 3 heterocycles. The molecule has 1 aromatic carbocycles. The van der Waals surface area contributed by atoms with Gasteiger partial charge in [0.1, 0.15) is 11.6 Å². The minimum atomic E-state index is -0.671. The van der Waals surface area contributed by atoms with Crippen molar-refractivity contribution in [1.29, 1.82) is 5.41 Å². The number of hydrogen-bond donors (Lipinski definition) is 2. The quantitative estimate of drug-likeness (QED) is 0.557. The predicted octanol–water partition coefficient (Wildman–Crippen LogP) is 4.50. The maximum Gasteiger partial charge on any atom is 0.228 e. The highest BCUT2D eigenvalue weighted by Gasteiger charge is 2.25. The number of rotatable bonds is 6. The maximum atomic E-state index is 14.7. The van der Waals surface area contributed by atoms with Crippen LogP contribution in [0.4, 0.5) is 14.7 Å². The number of nitrogens with one attached hydrogen (secondary N) is 2. The molecule has 1 aliphatic heterocycles. The summed E-state index contributed by atoms with van der Waals surface area (Å²) in [6.07, 6.45) is 5.85. The monoisotopic (exact) mass is 436 g/mol. The zero-order valence-corrected chi connectivity index (χ0v) is 18.2. The number of anilines is 1. The topological polar surface area (TPSA) is 77.8 Å². The van der Waals surface area contributed by atoms with Gasteiger partial charge >= 0.3 is 0 Å². The molecule has 166 valence electrons. The summed E-state index contributed by atoms with van der Waals surface area (Å²) in [5.74, 6) is -0.676. The van der Waals surface area contributed by atoms with Gasteiger partial charge in [0, 0.05) is 61.2 Å². The number of hydrogen-bond acceptors (Lipinski definition) is 6. The number of nitrogens with zero attached hydrogens (tertiary/aromatic N) is 4. The van der Waals surface area contributed by atoms with Crippen LogP contribution in [0.5, 0.6) is 0 Å². The lowest BCUT2D eigenvalue weighted by Crippen LogP contribution is -2.37. The molecule has 0 spiro atoms. The van der Waals surface area contributed by atoms with Gasteiger partial charge in [-0.05, 0) is 49.1 Å². The lowest BCUT2D eigenvalue weighted by molar-refractivity contribution is 0.470. The Kier molecular flexibility index (Phi) is 6.39. The van der Waals surface area contributed by atoms with E-state index in [9.17, 15) is 8.78 Å². The lowest BCUT2D eigenvalue weighted by atomic mass is 9.91. The first kappa shape index (κ1) is 21.8. The molecule has 8 heteroatoms. The molecule has 4 rings (SSSR count). The van der Waals surface area contributed by atoms with Crippen LogP contribution in [-0.2, 0) is 6.42 Å². The van der Waals surface area contributed by atoms with Crippen molar-refractivity contribution in [3.63, 3.8) is 0 Å². The second-order valence-corrected chi connectivity index (χ2v) is 7.89. The molecule has 1 fully saturated rings.